The Hall–Kier alpha value is -2.40. The van der Waals surface area contributed by atoms with Crippen LogP contribution in [0.1, 0.15) is 21.8 Å². The summed E-state index contributed by atoms with van der Waals surface area (Å²) in [6, 6.07) is 10.4. The molecular formula is C20H21FN2O2. The number of carbonyl (C=O) groups excluding carboxylic acids is 1. The highest BCUT2D eigenvalue weighted by molar-refractivity contribution is 5.97. The fourth-order valence-electron chi connectivity index (χ4n) is 4.06. The summed E-state index contributed by atoms with van der Waals surface area (Å²) in [5, 5.41) is 3.02. The first-order valence-corrected chi connectivity index (χ1v) is 8.51. The van der Waals surface area contributed by atoms with Crippen molar-refractivity contribution in [3.8, 4) is 16.9 Å². The monoisotopic (exact) mass is 340 g/mol. The molecule has 0 aliphatic carbocycles. The summed E-state index contributed by atoms with van der Waals surface area (Å²) in [6.45, 7) is 2.61. The van der Waals surface area contributed by atoms with Crippen molar-refractivity contribution in [2.75, 3.05) is 33.8 Å². The lowest BCUT2D eigenvalue weighted by Gasteiger charge is -2.17. The van der Waals surface area contributed by atoms with Gasteiger partial charge in [-0.3, -0.25) is 4.79 Å². The number of likely N-dealkylation sites (tertiary alicyclic amines) is 1. The van der Waals surface area contributed by atoms with E-state index in [1.807, 2.05) is 18.2 Å². The van der Waals surface area contributed by atoms with E-state index in [0.717, 1.165) is 18.7 Å². The van der Waals surface area contributed by atoms with Crippen LogP contribution in [0.25, 0.3) is 11.1 Å². The lowest BCUT2D eigenvalue weighted by molar-refractivity contribution is 0.0951. The molecule has 2 aliphatic heterocycles. The SMILES string of the molecule is COc1ccc(F)c(-c2ccc3c(c2)C(=O)NC[C@H]2CN(C)C[C@H]32)c1. The summed E-state index contributed by atoms with van der Waals surface area (Å²) in [6.07, 6.45) is 0. The number of nitrogens with zero attached hydrogens (tertiary/aromatic N) is 1. The second kappa shape index (κ2) is 6.15. The molecule has 4 nitrogen and oxygen atoms in total. The molecule has 1 amide bonds. The fraction of sp³-hybridized carbons (Fsp3) is 0.350. The number of amides is 1. The van der Waals surface area contributed by atoms with Crippen LogP contribution in [0.4, 0.5) is 4.39 Å². The largest absolute Gasteiger partial charge is 0.497 e. The highest BCUT2D eigenvalue weighted by atomic mass is 19.1. The van der Waals surface area contributed by atoms with Gasteiger partial charge in [-0.1, -0.05) is 12.1 Å². The average Bonchev–Trinajstić information content (AvgIpc) is 2.94. The number of benzene rings is 2. The molecule has 1 saturated heterocycles. The van der Waals surface area contributed by atoms with Crippen molar-refractivity contribution in [2.24, 2.45) is 5.92 Å². The van der Waals surface area contributed by atoms with Crippen molar-refractivity contribution in [1.29, 1.82) is 0 Å². The number of ether oxygens (including phenoxy) is 1. The zero-order valence-electron chi connectivity index (χ0n) is 14.4. The Balaban J connectivity index is 1.81. The fourth-order valence-corrected chi connectivity index (χ4v) is 4.06. The van der Waals surface area contributed by atoms with Crippen molar-refractivity contribution in [1.82, 2.24) is 10.2 Å². The summed E-state index contributed by atoms with van der Waals surface area (Å²) in [5.41, 5.74) is 2.85. The summed E-state index contributed by atoms with van der Waals surface area (Å²) >= 11 is 0. The average molecular weight is 340 g/mol. The van der Waals surface area contributed by atoms with E-state index in [-0.39, 0.29) is 11.7 Å². The molecule has 0 unspecified atom stereocenters. The molecule has 2 heterocycles. The number of methoxy groups -OCH3 is 1. The van der Waals surface area contributed by atoms with Gasteiger partial charge in [0.05, 0.1) is 7.11 Å². The van der Waals surface area contributed by atoms with Crippen LogP contribution >= 0.6 is 0 Å². The summed E-state index contributed by atoms with van der Waals surface area (Å²) in [5.74, 6) is 0.955. The van der Waals surface area contributed by atoms with Gasteiger partial charge in [-0.05, 0) is 48.4 Å². The van der Waals surface area contributed by atoms with Crippen LogP contribution in [0.2, 0.25) is 0 Å². The van der Waals surface area contributed by atoms with Gasteiger partial charge in [0.2, 0.25) is 0 Å². The van der Waals surface area contributed by atoms with Crippen molar-refractivity contribution >= 4 is 5.91 Å². The number of nitrogens with one attached hydrogen (secondary N) is 1. The molecule has 25 heavy (non-hydrogen) atoms. The minimum atomic E-state index is -0.326. The zero-order valence-corrected chi connectivity index (χ0v) is 14.4. The molecule has 2 aromatic carbocycles. The first kappa shape index (κ1) is 16.1. The summed E-state index contributed by atoms with van der Waals surface area (Å²) < 4.78 is 19.5. The number of hydrogen-bond acceptors (Lipinski definition) is 3. The molecule has 0 aromatic heterocycles. The number of likely N-dealkylation sites (N-methyl/N-ethyl adjacent to an activating group) is 1. The maximum Gasteiger partial charge on any atom is 0.251 e. The molecule has 1 N–H and O–H groups in total. The summed E-state index contributed by atoms with van der Waals surface area (Å²) in [7, 11) is 3.66. The minimum Gasteiger partial charge on any atom is -0.497 e. The molecular weight excluding hydrogens is 319 g/mol. The van der Waals surface area contributed by atoms with Crippen LogP contribution in [0, 0.1) is 11.7 Å². The molecule has 0 spiro atoms. The predicted molar refractivity (Wildman–Crippen MR) is 94.4 cm³/mol. The van der Waals surface area contributed by atoms with Gasteiger partial charge in [0.1, 0.15) is 11.6 Å². The Morgan fingerprint density at radius 1 is 1.16 bits per heavy atom. The standard InChI is InChI=1S/C20H21FN2O2/c1-23-10-13-9-22-20(24)17-7-12(3-5-15(17)18(13)11-23)16-8-14(25-2)4-6-19(16)21/h3-8,13,18H,9-11H2,1-2H3,(H,22,24)/t13-,18-/m0/s1. The number of hydrogen-bond donors (Lipinski definition) is 1. The molecule has 0 bridgehead atoms. The normalized spacial score (nSPS) is 22.8. The smallest absolute Gasteiger partial charge is 0.251 e. The van der Waals surface area contributed by atoms with Crippen molar-refractivity contribution in [2.45, 2.75) is 5.92 Å². The van der Waals surface area contributed by atoms with Crippen LogP contribution in [-0.2, 0) is 0 Å². The van der Waals surface area contributed by atoms with Gasteiger partial charge in [0.15, 0.2) is 0 Å². The van der Waals surface area contributed by atoms with Crippen LogP contribution < -0.4 is 10.1 Å². The van der Waals surface area contributed by atoms with Crippen molar-refractivity contribution in [3.63, 3.8) is 0 Å². The first-order chi connectivity index (χ1) is 12.1. The highest BCUT2D eigenvalue weighted by Gasteiger charge is 2.36. The molecule has 0 radical (unpaired) electrons. The van der Waals surface area contributed by atoms with E-state index >= 15 is 0 Å². The second-order valence-corrected chi connectivity index (χ2v) is 6.95. The Morgan fingerprint density at radius 2 is 2.00 bits per heavy atom. The zero-order chi connectivity index (χ0) is 17.6. The first-order valence-electron chi connectivity index (χ1n) is 8.51. The minimum absolute atomic E-state index is 0.0720. The molecule has 1 fully saturated rings. The van der Waals surface area contributed by atoms with E-state index in [2.05, 4.69) is 17.3 Å². The Kier molecular flexibility index (Phi) is 3.96. The number of fused-ring (bicyclic) bond motifs is 3. The second-order valence-electron chi connectivity index (χ2n) is 6.95. The molecule has 4 rings (SSSR count). The summed E-state index contributed by atoms with van der Waals surface area (Å²) in [4.78, 5) is 14.9. The molecule has 130 valence electrons. The topological polar surface area (TPSA) is 41.6 Å². The number of carbonyl (C=O) groups is 1. The molecule has 2 aromatic rings. The van der Waals surface area contributed by atoms with Crippen LogP contribution in [-0.4, -0.2) is 44.6 Å². The maximum atomic E-state index is 14.3. The van der Waals surface area contributed by atoms with Crippen LogP contribution in [0.3, 0.4) is 0 Å². The van der Waals surface area contributed by atoms with Gasteiger partial charge in [-0.15, -0.1) is 0 Å². The molecule has 2 aliphatic rings. The van der Waals surface area contributed by atoms with E-state index in [0.29, 0.717) is 40.8 Å². The van der Waals surface area contributed by atoms with Gasteiger partial charge in [0.25, 0.3) is 5.91 Å². The van der Waals surface area contributed by atoms with E-state index in [1.165, 1.54) is 6.07 Å². The molecule has 2 atom stereocenters. The van der Waals surface area contributed by atoms with E-state index < -0.39 is 0 Å². The lowest BCUT2D eigenvalue weighted by Crippen LogP contribution is -2.29. The van der Waals surface area contributed by atoms with Crippen molar-refractivity contribution in [3.05, 3.63) is 53.3 Å². The van der Waals surface area contributed by atoms with Gasteiger partial charge >= 0.3 is 0 Å². The van der Waals surface area contributed by atoms with E-state index in [9.17, 15) is 9.18 Å². The van der Waals surface area contributed by atoms with Crippen molar-refractivity contribution < 1.29 is 13.9 Å². The Morgan fingerprint density at radius 3 is 2.80 bits per heavy atom. The van der Waals surface area contributed by atoms with Gasteiger partial charge in [-0.2, -0.15) is 0 Å². The predicted octanol–water partition coefficient (Wildman–Crippen LogP) is 2.89. The quantitative estimate of drug-likeness (QED) is 0.914. The third-order valence-corrected chi connectivity index (χ3v) is 5.33. The molecule has 5 heteroatoms. The van der Waals surface area contributed by atoms with Gasteiger partial charge in [-0.25, -0.2) is 4.39 Å². The number of halogens is 1. The van der Waals surface area contributed by atoms with Crippen LogP contribution in [0.5, 0.6) is 5.75 Å². The third-order valence-electron chi connectivity index (χ3n) is 5.33. The lowest BCUT2D eigenvalue weighted by atomic mass is 9.86. The highest BCUT2D eigenvalue weighted by Crippen LogP contribution is 2.37. The van der Waals surface area contributed by atoms with Gasteiger partial charge in [0, 0.05) is 36.7 Å². The third kappa shape index (κ3) is 2.78. The van der Waals surface area contributed by atoms with E-state index in [4.69, 9.17) is 4.74 Å². The van der Waals surface area contributed by atoms with E-state index in [1.54, 1.807) is 19.2 Å². The Bertz CT molecular complexity index is 836. The molecule has 0 saturated carbocycles. The Labute approximate surface area is 146 Å². The van der Waals surface area contributed by atoms with Gasteiger partial charge < -0.3 is 15.0 Å². The van der Waals surface area contributed by atoms with Crippen LogP contribution in [0.15, 0.2) is 36.4 Å². The maximum absolute atomic E-state index is 14.3. The number of rotatable bonds is 2.